The smallest absolute Gasteiger partial charge is 0.123 e. The zero-order chi connectivity index (χ0) is 12.7. The zero-order valence-electron chi connectivity index (χ0n) is 10.6. The molecule has 1 aliphatic rings. The van der Waals surface area contributed by atoms with Gasteiger partial charge in [0.15, 0.2) is 0 Å². The maximum atomic E-state index is 13.4. The Morgan fingerprint density at radius 1 is 1.28 bits per heavy atom. The zero-order valence-corrected chi connectivity index (χ0v) is 10.6. The minimum absolute atomic E-state index is 0.172. The first kappa shape index (κ1) is 11.4. The Balaban J connectivity index is 2.18. The van der Waals surface area contributed by atoms with Crippen molar-refractivity contribution in [2.75, 3.05) is 6.54 Å². The summed E-state index contributed by atoms with van der Waals surface area (Å²) in [7, 11) is 0. The highest BCUT2D eigenvalue weighted by Gasteiger charge is 2.17. The summed E-state index contributed by atoms with van der Waals surface area (Å²) >= 11 is 0. The highest BCUT2D eigenvalue weighted by atomic mass is 19.1. The topological polar surface area (TPSA) is 29.9 Å². The Kier molecular flexibility index (Phi) is 2.67. The fraction of sp³-hybridized carbons (Fsp3) is 0.357. The maximum absolute atomic E-state index is 13.4. The number of halogens is 1. The van der Waals surface area contributed by atoms with Gasteiger partial charge in [0.25, 0.3) is 0 Å². The lowest BCUT2D eigenvalue weighted by Gasteiger charge is -2.19. The monoisotopic (exact) mass is 245 g/mol. The lowest BCUT2D eigenvalue weighted by atomic mass is 10.00. The van der Waals surface area contributed by atoms with Crippen LogP contribution in [0.2, 0.25) is 0 Å². The van der Waals surface area contributed by atoms with Crippen molar-refractivity contribution in [2.45, 2.75) is 26.9 Å². The number of rotatable bonds is 1. The number of hydrogen-bond donors (Lipinski definition) is 1. The van der Waals surface area contributed by atoms with Gasteiger partial charge in [0.1, 0.15) is 11.6 Å². The highest BCUT2D eigenvalue weighted by molar-refractivity contribution is 5.68. The SMILES string of the molecule is Cc1cc(F)cc(C)c1-c1cnc2n1CCNC2. The van der Waals surface area contributed by atoms with Crippen molar-refractivity contribution in [1.82, 2.24) is 14.9 Å². The van der Waals surface area contributed by atoms with Gasteiger partial charge in [-0.05, 0) is 37.1 Å². The Bertz CT molecular complexity index is 578. The summed E-state index contributed by atoms with van der Waals surface area (Å²) in [4.78, 5) is 4.44. The molecule has 0 spiro atoms. The number of benzene rings is 1. The van der Waals surface area contributed by atoms with E-state index in [4.69, 9.17) is 0 Å². The first-order valence-corrected chi connectivity index (χ1v) is 6.19. The molecule has 0 unspecified atom stereocenters. The third-order valence-corrected chi connectivity index (χ3v) is 3.49. The summed E-state index contributed by atoms with van der Waals surface area (Å²) in [6.45, 7) is 6.58. The van der Waals surface area contributed by atoms with Crippen LogP contribution in [0.4, 0.5) is 4.39 Å². The molecule has 3 nitrogen and oxygen atoms in total. The molecule has 0 saturated heterocycles. The van der Waals surface area contributed by atoms with E-state index in [2.05, 4.69) is 14.9 Å². The summed E-state index contributed by atoms with van der Waals surface area (Å²) in [6, 6.07) is 3.17. The van der Waals surface area contributed by atoms with E-state index in [0.717, 1.165) is 47.8 Å². The van der Waals surface area contributed by atoms with E-state index < -0.39 is 0 Å². The molecule has 3 rings (SSSR count). The Hall–Kier alpha value is -1.68. The number of fused-ring (bicyclic) bond motifs is 1. The Labute approximate surface area is 106 Å². The first-order chi connectivity index (χ1) is 8.66. The molecule has 0 radical (unpaired) electrons. The first-order valence-electron chi connectivity index (χ1n) is 6.19. The fourth-order valence-corrected chi connectivity index (χ4v) is 2.71. The van der Waals surface area contributed by atoms with E-state index in [0.29, 0.717) is 0 Å². The van der Waals surface area contributed by atoms with Gasteiger partial charge in [-0.25, -0.2) is 9.37 Å². The van der Waals surface area contributed by atoms with Crippen LogP contribution in [-0.4, -0.2) is 16.1 Å². The standard InChI is InChI=1S/C14H16FN3/c1-9-5-11(15)6-10(2)14(9)12-7-17-13-8-16-3-4-18(12)13/h5-7,16H,3-4,8H2,1-2H3. The van der Waals surface area contributed by atoms with Crippen LogP contribution in [0.15, 0.2) is 18.3 Å². The van der Waals surface area contributed by atoms with Gasteiger partial charge >= 0.3 is 0 Å². The molecule has 0 aliphatic carbocycles. The summed E-state index contributed by atoms with van der Waals surface area (Å²) < 4.78 is 15.6. The molecule has 0 fully saturated rings. The average molecular weight is 245 g/mol. The molecule has 2 heterocycles. The third kappa shape index (κ3) is 1.73. The van der Waals surface area contributed by atoms with E-state index in [1.807, 2.05) is 20.0 Å². The van der Waals surface area contributed by atoms with Crippen LogP contribution in [0.25, 0.3) is 11.3 Å². The molecule has 0 bridgehead atoms. The molecular formula is C14H16FN3. The van der Waals surface area contributed by atoms with Gasteiger partial charge in [-0.3, -0.25) is 0 Å². The molecule has 2 aromatic rings. The second-order valence-electron chi connectivity index (χ2n) is 4.80. The van der Waals surface area contributed by atoms with E-state index in [1.165, 1.54) is 0 Å². The highest BCUT2D eigenvalue weighted by Crippen LogP contribution is 2.29. The molecule has 4 heteroatoms. The van der Waals surface area contributed by atoms with Crippen LogP contribution >= 0.6 is 0 Å². The number of nitrogens with one attached hydrogen (secondary N) is 1. The number of imidazole rings is 1. The summed E-state index contributed by atoms with van der Waals surface area (Å²) in [5.41, 5.74) is 4.14. The summed E-state index contributed by atoms with van der Waals surface area (Å²) in [6.07, 6.45) is 1.90. The molecule has 1 N–H and O–H groups in total. The van der Waals surface area contributed by atoms with Crippen LogP contribution in [-0.2, 0) is 13.1 Å². The summed E-state index contributed by atoms with van der Waals surface area (Å²) in [5, 5.41) is 3.30. The number of aryl methyl sites for hydroxylation is 2. The molecule has 0 saturated carbocycles. The molecule has 18 heavy (non-hydrogen) atoms. The van der Waals surface area contributed by atoms with E-state index in [1.54, 1.807) is 12.1 Å². The number of aromatic nitrogens is 2. The van der Waals surface area contributed by atoms with E-state index in [-0.39, 0.29) is 5.82 Å². The molecule has 0 amide bonds. The van der Waals surface area contributed by atoms with Crippen molar-refractivity contribution in [3.05, 3.63) is 41.1 Å². The molecule has 94 valence electrons. The van der Waals surface area contributed by atoms with Gasteiger partial charge in [0.05, 0.1) is 18.4 Å². The van der Waals surface area contributed by atoms with Crippen molar-refractivity contribution in [2.24, 2.45) is 0 Å². The summed E-state index contributed by atoms with van der Waals surface area (Å²) in [5.74, 6) is 0.883. The van der Waals surface area contributed by atoms with Gasteiger partial charge in [-0.2, -0.15) is 0 Å². The Morgan fingerprint density at radius 3 is 2.72 bits per heavy atom. The largest absolute Gasteiger partial charge is 0.326 e. The number of hydrogen-bond acceptors (Lipinski definition) is 2. The van der Waals surface area contributed by atoms with Crippen LogP contribution in [0.3, 0.4) is 0 Å². The van der Waals surface area contributed by atoms with Gasteiger partial charge in [0.2, 0.25) is 0 Å². The van der Waals surface area contributed by atoms with Gasteiger partial charge < -0.3 is 9.88 Å². The third-order valence-electron chi connectivity index (χ3n) is 3.49. The van der Waals surface area contributed by atoms with Crippen LogP contribution < -0.4 is 5.32 Å². The minimum Gasteiger partial charge on any atom is -0.326 e. The predicted octanol–water partition coefficient (Wildman–Crippen LogP) is 2.41. The molecular weight excluding hydrogens is 229 g/mol. The van der Waals surface area contributed by atoms with Crippen molar-refractivity contribution < 1.29 is 4.39 Å². The van der Waals surface area contributed by atoms with Gasteiger partial charge in [0, 0.05) is 18.7 Å². The van der Waals surface area contributed by atoms with Gasteiger partial charge in [-0.1, -0.05) is 0 Å². The second-order valence-corrected chi connectivity index (χ2v) is 4.80. The van der Waals surface area contributed by atoms with E-state index in [9.17, 15) is 4.39 Å². The Morgan fingerprint density at radius 2 is 2.00 bits per heavy atom. The fourth-order valence-electron chi connectivity index (χ4n) is 2.71. The molecule has 1 aromatic carbocycles. The number of nitrogens with zero attached hydrogens (tertiary/aromatic N) is 2. The van der Waals surface area contributed by atoms with Crippen molar-refractivity contribution in [1.29, 1.82) is 0 Å². The molecule has 0 atom stereocenters. The predicted molar refractivity (Wildman–Crippen MR) is 68.8 cm³/mol. The minimum atomic E-state index is -0.172. The van der Waals surface area contributed by atoms with Crippen molar-refractivity contribution >= 4 is 0 Å². The molecule has 1 aliphatic heterocycles. The maximum Gasteiger partial charge on any atom is 0.123 e. The molecule has 1 aromatic heterocycles. The average Bonchev–Trinajstić information content (AvgIpc) is 2.72. The van der Waals surface area contributed by atoms with E-state index >= 15 is 0 Å². The second kappa shape index (κ2) is 4.21. The van der Waals surface area contributed by atoms with Crippen LogP contribution in [0.1, 0.15) is 17.0 Å². The lowest BCUT2D eigenvalue weighted by Crippen LogP contribution is -2.28. The van der Waals surface area contributed by atoms with Crippen LogP contribution in [0.5, 0.6) is 0 Å². The normalized spacial score (nSPS) is 14.6. The van der Waals surface area contributed by atoms with Crippen LogP contribution in [0, 0.1) is 19.7 Å². The van der Waals surface area contributed by atoms with Crippen molar-refractivity contribution in [3.63, 3.8) is 0 Å². The quantitative estimate of drug-likeness (QED) is 0.836. The lowest BCUT2D eigenvalue weighted by molar-refractivity contribution is 0.508. The van der Waals surface area contributed by atoms with Gasteiger partial charge in [-0.15, -0.1) is 0 Å². The van der Waals surface area contributed by atoms with Crippen molar-refractivity contribution in [3.8, 4) is 11.3 Å².